The van der Waals surface area contributed by atoms with Gasteiger partial charge in [0.25, 0.3) is 11.8 Å². The summed E-state index contributed by atoms with van der Waals surface area (Å²) < 4.78 is 16.2. The van der Waals surface area contributed by atoms with E-state index in [1.54, 1.807) is 62.6 Å². The van der Waals surface area contributed by atoms with E-state index in [4.69, 9.17) is 14.2 Å². The van der Waals surface area contributed by atoms with E-state index in [0.29, 0.717) is 16.9 Å². The minimum absolute atomic E-state index is 0.0469. The number of ether oxygens (including phenoxy) is 3. The molecule has 2 aromatic carbocycles. The molecule has 0 bridgehead atoms. The number of fused-ring (bicyclic) bond motifs is 1. The van der Waals surface area contributed by atoms with E-state index < -0.39 is 22.8 Å². The highest BCUT2D eigenvalue weighted by Crippen LogP contribution is 2.44. The molecule has 33 heavy (non-hydrogen) atoms. The van der Waals surface area contributed by atoms with E-state index in [0.717, 1.165) is 5.56 Å². The second-order valence-electron chi connectivity index (χ2n) is 7.58. The highest BCUT2D eigenvalue weighted by molar-refractivity contribution is 8.00. The quantitative estimate of drug-likeness (QED) is 0.493. The summed E-state index contributed by atoms with van der Waals surface area (Å²) in [5, 5.41) is 2.31. The monoisotopic (exact) mass is 468 g/mol. The summed E-state index contributed by atoms with van der Waals surface area (Å²) in [7, 11) is 3.11. The van der Waals surface area contributed by atoms with Crippen molar-refractivity contribution in [2.75, 3.05) is 14.2 Å². The highest BCUT2D eigenvalue weighted by atomic mass is 32.2. The third-order valence-corrected chi connectivity index (χ3v) is 7.09. The molecule has 3 atom stereocenters. The Bertz CT molecular complexity index is 1090. The van der Waals surface area contributed by atoms with Gasteiger partial charge in [-0.3, -0.25) is 14.5 Å². The molecule has 4 rings (SSSR count). The molecule has 2 aliphatic heterocycles. The van der Waals surface area contributed by atoms with Crippen molar-refractivity contribution in [2.24, 2.45) is 0 Å². The van der Waals surface area contributed by atoms with Crippen molar-refractivity contribution >= 4 is 29.5 Å². The molecule has 0 radical (unpaired) electrons. The van der Waals surface area contributed by atoms with Crippen molar-refractivity contribution in [2.45, 2.75) is 30.4 Å². The molecule has 1 fully saturated rings. The Morgan fingerprint density at radius 3 is 2.39 bits per heavy atom. The van der Waals surface area contributed by atoms with Crippen LogP contribution in [-0.2, 0) is 25.7 Å². The van der Waals surface area contributed by atoms with Crippen molar-refractivity contribution in [3.05, 3.63) is 77.0 Å². The molecule has 172 valence electrons. The van der Waals surface area contributed by atoms with Gasteiger partial charge in [-0.25, -0.2) is 4.79 Å². The first-order valence-corrected chi connectivity index (χ1v) is 11.3. The largest absolute Gasteiger partial charge is 0.497 e. The van der Waals surface area contributed by atoms with Gasteiger partial charge >= 0.3 is 5.97 Å². The topological polar surface area (TPSA) is 94.2 Å². The molecule has 2 heterocycles. The average Bonchev–Trinajstić information content (AvgIpc) is 2.86. The van der Waals surface area contributed by atoms with Crippen molar-refractivity contribution in [1.82, 2.24) is 10.2 Å². The van der Waals surface area contributed by atoms with Gasteiger partial charge in [0, 0.05) is 12.7 Å². The van der Waals surface area contributed by atoms with Crippen LogP contribution in [0.5, 0.6) is 5.75 Å². The van der Waals surface area contributed by atoms with Crippen LogP contribution in [0.2, 0.25) is 0 Å². The third kappa shape index (κ3) is 4.46. The number of methoxy groups -OCH3 is 2. The zero-order chi connectivity index (χ0) is 23.5. The minimum Gasteiger partial charge on any atom is -0.497 e. The SMILES string of the molecule is COc1ccc(COC(=O)C2=C(C)[C@@H](OC)S[C@H]3[C@@H](NC(=O)c4ccccc4)C(=O)N23)cc1. The second kappa shape index (κ2) is 9.68. The van der Waals surface area contributed by atoms with Crippen LogP contribution in [0.15, 0.2) is 65.9 Å². The Labute approximate surface area is 195 Å². The van der Waals surface area contributed by atoms with Gasteiger partial charge in [-0.2, -0.15) is 0 Å². The fraction of sp³-hybridized carbons (Fsp3) is 0.292. The van der Waals surface area contributed by atoms with Crippen molar-refractivity contribution < 1.29 is 28.6 Å². The van der Waals surface area contributed by atoms with E-state index >= 15 is 0 Å². The number of hydrogen-bond acceptors (Lipinski definition) is 7. The summed E-state index contributed by atoms with van der Waals surface area (Å²) in [5.41, 5.74) is 1.56. The summed E-state index contributed by atoms with van der Waals surface area (Å²) >= 11 is 1.37. The Morgan fingerprint density at radius 2 is 1.76 bits per heavy atom. The predicted molar refractivity (Wildman–Crippen MR) is 122 cm³/mol. The van der Waals surface area contributed by atoms with Gasteiger partial charge in [0.15, 0.2) is 0 Å². The normalized spacial score (nSPS) is 21.7. The van der Waals surface area contributed by atoms with Crippen LogP contribution in [0, 0.1) is 0 Å². The number of carbonyl (C=O) groups is 3. The summed E-state index contributed by atoms with van der Waals surface area (Å²) in [5.74, 6) is -0.620. The lowest BCUT2D eigenvalue weighted by Gasteiger charge is -2.51. The molecule has 2 aromatic rings. The maximum absolute atomic E-state index is 13.0. The number of benzene rings is 2. The number of rotatable bonds is 7. The van der Waals surface area contributed by atoms with Gasteiger partial charge in [0.05, 0.1) is 7.11 Å². The maximum atomic E-state index is 13.0. The molecular formula is C24H24N2O6S. The molecule has 0 aliphatic carbocycles. The Hall–Kier alpha value is -3.30. The summed E-state index contributed by atoms with van der Waals surface area (Å²) in [6.45, 7) is 1.79. The standard InChI is InChI=1S/C24H24N2O6S/c1-14-19(23(29)32-13-15-9-11-17(30-2)12-10-15)26-21(28)18(22(26)33-24(14)31-3)25-20(27)16-7-5-4-6-8-16/h4-12,18,22,24H,13H2,1-3H3,(H,25,27)/t18-,22-,24-/m0/s1. The van der Waals surface area contributed by atoms with Crippen LogP contribution in [0.4, 0.5) is 0 Å². The molecule has 8 nitrogen and oxygen atoms in total. The van der Waals surface area contributed by atoms with E-state index in [-0.39, 0.29) is 24.1 Å². The summed E-state index contributed by atoms with van der Waals surface area (Å²) in [6.07, 6.45) is 0. The van der Waals surface area contributed by atoms with E-state index in [9.17, 15) is 14.4 Å². The third-order valence-electron chi connectivity index (χ3n) is 5.53. The number of β-lactam (4-membered cyclic amide) rings is 1. The first kappa shape index (κ1) is 22.9. The van der Waals surface area contributed by atoms with Gasteiger partial charge in [-0.15, -0.1) is 0 Å². The van der Waals surface area contributed by atoms with Crippen LogP contribution in [0.25, 0.3) is 0 Å². The number of carbonyl (C=O) groups excluding carboxylic acids is 3. The van der Waals surface area contributed by atoms with Gasteiger partial charge in [0.1, 0.15) is 34.9 Å². The zero-order valence-electron chi connectivity index (χ0n) is 18.4. The summed E-state index contributed by atoms with van der Waals surface area (Å²) in [6, 6.07) is 15.1. The van der Waals surface area contributed by atoms with E-state index in [1.807, 2.05) is 6.07 Å². The van der Waals surface area contributed by atoms with Crippen LogP contribution in [0.3, 0.4) is 0 Å². The van der Waals surface area contributed by atoms with E-state index in [1.165, 1.54) is 23.8 Å². The molecule has 0 unspecified atom stereocenters. The number of hydrogen-bond donors (Lipinski definition) is 1. The Balaban J connectivity index is 1.48. The Kier molecular flexibility index (Phi) is 6.71. The predicted octanol–water partition coefficient (Wildman–Crippen LogP) is 2.70. The fourth-order valence-electron chi connectivity index (χ4n) is 3.75. The van der Waals surface area contributed by atoms with Crippen LogP contribution in [-0.4, -0.2) is 53.8 Å². The fourth-order valence-corrected chi connectivity index (χ4v) is 5.10. The number of nitrogens with one attached hydrogen (secondary N) is 1. The smallest absolute Gasteiger partial charge is 0.355 e. The second-order valence-corrected chi connectivity index (χ2v) is 8.76. The number of thioether (sulfide) groups is 1. The molecule has 0 aromatic heterocycles. The van der Waals surface area contributed by atoms with Gasteiger partial charge in [-0.1, -0.05) is 42.1 Å². The van der Waals surface area contributed by atoms with Gasteiger partial charge in [0.2, 0.25) is 0 Å². The average molecular weight is 469 g/mol. The highest BCUT2D eigenvalue weighted by Gasteiger charge is 2.56. The number of esters is 1. The van der Waals surface area contributed by atoms with Crippen molar-refractivity contribution in [1.29, 1.82) is 0 Å². The molecule has 2 amide bonds. The lowest BCUT2D eigenvalue weighted by molar-refractivity contribution is -0.152. The molecule has 1 N–H and O–H groups in total. The Morgan fingerprint density at radius 1 is 1.06 bits per heavy atom. The molecular weight excluding hydrogens is 444 g/mol. The van der Waals surface area contributed by atoms with Crippen LogP contribution in [0.1, 0.15) is 22.8 Å². The lowest BCUT2D eigenvalue weighted by atomic mass is 10.0. The molecule has 0 spiro atoms. The number of nitrogens with zero attached hydrogens (tertiary/aromatic N) is 1. The minimum atomic E-state index is -0.766. The first-order valence-electron chi connectivity index (χ1n) is 10.3. The lowest BCUT2D eigenvalue weighted by Crippen LogP contribution is -2.71. The van der Waals surface area contributed by atoms with Gasteiger partial charge in [-0.05, 0) is 42.3 Å². The number of amides is 2. The van der Waals surface area contributed by atoms with Crippen molar-refractivity contribution in [3.63, 3.8) is 0 Å². The van der Waals surface area contributed by atoms with Crippen LogP contribution >= 0.6 is 11.8 Å². The zero-order valence-corrected chi connectivity index (χ0v) is 19.3. The van der Waals surface area contributed by atoms with Crippen LogP contribution < -0.4 is 10.1 Å². The summed E-state index contributed by atoms with van der Waals surface area (Å²) in [4.78, 5) is 39.9. The molecule has 9 heteroatoms. The van der Waals surface area contributed by atoms with Crippen molar-refractivity contribution in [3.8, 4) is 5.75 Å². The van der Waals surface area contributed by atoms with Gasteiger partial charge < -0.3 is 19.5 Å². The molecule has 0 saturated carbocycles. The molecule has 1 saturated heterocycles. The maximum Gasteiger partial charge on any atom is 0.355 e. The first-order chi connectivity index (χ1) is 15.9. The molecule has 2 aliphatic rings. The van der Waals surface area contributed by atoms with E-state index in [2.05, 4.69) is 5.32 Å².